The highest BCUT2D eigenvalue weighted by molar-refractivity contribution is 7.91. The molecule has 1 heterocycles. The van der Waals surface area contributed by atoms with E-state index >= 15 is 0 Å². The normalized spacial score (nSPS) is 35.4. The Morgan fingerprint density at radius 1 is 1.06 bits per heavy atom. The molecule has 0 aromatic carbocycles. The molecule has 0 amide bonds. The standard InChI is InChI=1S/C12H24N2O2S/c13-10-11-4-1-2-5-12(11)14-6-3-8-17(15,16)9-7-14/h11-12H,1-10,13H2. The van der Waals surface area contributed by atoms with Crippen LogP contribution in [0.25, 0.3) is 0 Å². The van der Waals surface area contributed by atoms with Gasteiger partial charge in [0, 0.05) is 12.6 Å². The topological polar surface area (TPSA) is 63.4 Å². The van der Waals surface area contributed by atoms with E-state index in [1.807, 2.05) is 0 Å². The summed E-state index contributed by atoms with van der Waals surface area (Å²) in [7, 11) is -2.79. The van der Waals surface area contributed by atoms with E-state index in [0.29, 0.717) is 30.0 Å². The first kappa shape index (κ1) is 13.3. The van der Waals surface area contributed by atoms with Gasteiger partial charge in [-0.2, -0.15) is 0 Å². The number of rotatable bonds is 2. The Morgan fingerprint density at radius 3 is 2.59 bits per heavy atom. The van der Waals surface area contributed by atoms with Crippen LogP contribution in [0.1, 0.15) is 32.1 Å². The molecule has 1 saturated heterocycles. The van der Waals surface area contributed by atoms with Crippen molar-refractivity contribution in [2.75, 3.05) is 31.1 Å². The van der Waals surface area contributed by atoms with Gasteiger partial charge in [0.05, 0.1) is 11.5 Å². The summed E-state index contributed by atoms with van der Waals surface area (Å²) in [6.07, 6.45) is 5.75. The first-order valence-electron chi connectivity index (χ1n) is 6.77. The van der Waals surface area contributed by atoms with Crippen LogP contribution in [0.4, 0.5) is 0 Å². The van der Waals surface area contributed by atoms with E-state index in [1.54, 1.807) is 0 Å². The average molecular weight is 260 g/mol. The highest BCUT2D eigenvalue weighted by Crippen LogP contribution is 2.28. The summed E-state index contributed by atoms with van der Waals surface area (Å²) >= 11 is 0. The highest BCUT2D eigenvalue weighted by atomic mass is 32.2. The van der Waals surface area contributed by atoms with E-state index in [0.717, 1.165) is 19.5 Å². The predicted molar refractivity (Wildman–Crippen MR) is 69.6 cm³/mol. The molecule has 0 spiro atoms. The van der Waals surface area contributed by atoms with Crippen molar-refractivity contribution in [3.63, 3.8) is 0 Å². The molecule has 2 aliphatic rings. The van der Waals surface area contributed by atoms with Crippen molar-refractivity contribution in [1.29, 1.82) is 0 Å². The van der Waals surface area contributed by atoms with Crippen molar-refractivity contribution in [1.82, 2.24) is 4.90 Å². The van der Waals surface area contributed by atoms with Crippen LogP contribution in [0.3, 0.4) is 0 Å². The van der Waals surface area contributed by atoms with Gasteiger partial charge >= 0.3 is 0 Å². The maximum Gasteiger partial charge on any atom is 0.151 e. The number of hydrogen-bond acceptors (Lipinski definition) is 4. The van der Waals surface area contributed by atoms with Crippen LogP contribution in [0.2, 0.25) is 0 Å². The molecule has 2 rings (SSSR count). The molecule has 0 aromatic rings. The maximum atomic E-state index is 11.6. The molecule has 2 atom stereocenters. The largest absolute Gasteiger partial charge is 0.330 e. The van der Waals surface area contributed by atoms with Crippen LogP contribution in [-0.2, 0) is 9.84 Å². The average Bonchev–Trinajstić information content (AvgIpc) is 2.50. The SMILES string of the molecule is NCC1CCCCC1N1CCCS(=O)(=O)CC1. The second kappa shape index (κ2) is 5.67. The zero-order valence-corrected chi connectivity index (χ0v) is 11.3. The first-order valence-corrected chi connectivity index (χ1v) is 8.59. The van der Waals surface area contributed by atoms with Gasteiger partial charge in [-0.3, -0.25) is 4.90 Å². The lowest BCUT2D eigenvalue weighted by Gasteiger charge is -2.39. The van der Waals surface area contributed by atoms with Crippen molar-refractivity contribution in [3.05, 3.63) is 0 Å². The Labute approximate surface area is 104 Å². The molecule has 2 unspecified atom stereocenters. The van der Waals surface area contributed by atoms with Crippen molar-refractivity contribution < 1.29 is 8.42 Å². The molecule has 1 saturated carbocycles. The minimum absolute atomic E-state index is 0.334. The van der Waals surface area contributed by atoms with Crippen LogP contribution >= 0.6 is 0 Å². The van der Waals surface area contributed by atoms with Crippen molar-refractivity contribution in [2.24, 2.45) is 11.7 Å². The minimum atomic E-state index is -2.79. The third-order valence-electron chi connectivity index (χ3n) is 4.23. The molecule has 4 nitrogen and oxygen atoms in total. The smallest absolute Gasteiger partial charge is 0.151 e. The van der Waals surface area contributed by atoms with Gasteiger partial charge in [-0.1, -0.05) is 12.8 Å². The van der Waals surface area contributed by atoms with Crippen molar-refractivity contribution in [3.8, 4) is 0 Å². The predicted octanol–water partition coefficient (Wildman–Crippen LogP) is 0.624. The van der Waals surface area contributed by atoms with E-state index in [9.17, 15) is 8.42 Å². The summed E-state index contributed by atoms with van der Waals surface area (Å²) < 4.78 is 23.2. The number of nitrogens with zero attached hydrogens (tertiary/aromatic N) is 1. The van der Waals surface area contributed by atoms with Crippen LogP contribution in [0.5, 0.6) is 0 Å². The second-order valence-electron chi connectivity index (χ2n) is 5.39. The van der Waals surface area contributed by atoms with E-state index in [1.165, 1.54) is 25.7 Å². The lowest BCUT2D eigenvalue weighted by Crippen LogP contribution is -2.46. The van der Waals surface area contributed by atoms with Gasteiger partial charge < -0.3 is 5.73 Å². The van der Waals surface area contributed by atoms with Crippen LogP contribution in [0, 0.1) is 5.92 Å². The molecule has 0 radical (unpaired) electrons. The Hall–Kier alpha value is -0.130. The lowest BCUT2D eigenvalue weighted by atomic mass is 9.83. The molecular formula is C12H24N2O2S. The monoisotopic (exact) mass is 260 g/mol. The second-order valence-corrected chi connectivity index (χ2v) is 7.69. The van der Waals surface area contributed by atoms with Gasteiger partial charge in [-0.05, 0) is 38.3 Å². The first-order chi connectivity index (χ1) is 8.12. The van der Waals surface area contributed by atoms with Gasteiger partial charge in [0.25, 0.3) is 0 Å². The lowest BCUT2D eigenvalue weighted by molar-refractivity contribution is 0.115. The van der Waals surface area contributed by atoms with Crippen LogP contribution in [-0.4, -0.2) is 50.5 Å². The van der Waals surface area contributed by atoms with E-state index in [2.05, 4.69) is 4.90 Å². The number of hydrogen-bond donors (Lipinski definition) is 1. The Kier molecular flexibility index (Phi) is 4.44. The molecule has 1 aliphatic heterocycles. The molecular weight excluding hydrogens is 236 g/mol. The molecule has 1 aliphatic carbocycles. The summed E-state index contributed by atoms with van der Waals surface area (Å²) in [5.41, 5.74) is 5.85. The third-order valence-corrected chi connectivity index (χ3v) is 5.95. The fourth-order valence-corrected chi connectivity index (χ4v) is 4.52. The Bertz CT molecular complexity index is 342. The number of nitrogens with two attached hydrogens (primary N) is 1. The summed E-state index contributed by atoms with van der Waals surface area (Å²) in [6, 6.07) is 0.530. The molecule has 0 bridgehead atoms. The summed E-state index contributed by atoms with van der Waals surface area (Å²) in [5.74, 6) is 1.27. The van der Waals surface area contributed by atoms with Gasteiger partial charge in [0.15, 0.2) is 9.84 Å². The zero-order chi connectivity index (χ0) is 12.3. The molecule has 5 heteroatoms. The van der Waals surface area contributed by atoms with E-state index in [-0.39, 0.29) is 0 Å². The van der Waals surface area contributed by atoms with Gasteiger partial charge in [0.2, 0.25) is 0 Å². The van der Waals surface area contributed by atoms with E-state index < -0.39 is 9.84 Å². The zero-order valence-electron chi connectivity index (χ0n) is 10.5. The van der Waals surface area contributed by atoms with Gasteiger partial charge in [-0.25, -0.2) is 8.42 Å². The summed E-state index contributed by atoms with van der Waals surface area (Å²) in [6.45, 7) is 2.39. The van der Waals surface area contributed by atoms with Crippen molar-refractivity contribution >= 4 is 9.84 Å². The van der Waals surface area contributed by atoms with Gasteiger partial charge in [0.1, 0.15) is 0 Å². The fraction of sp³-hybridized carbons (Fsp3) is 1.00. The van der Waals surface area contributed by atoms with Gasteiger partial charge in [-0.15, -0.1) is 0 Å². The number of sulfone groups is 1. The Morgan fingerprint density at radius 2 is 1.82 bits per heavy atom. The quantitative estimate of drug-likeness (QED) is 0.791. The maximum absolute atomic E-state index is 11.6. The molecule has 0 aromatic heterocycles. The fourth-order valence-electron chi connectivity index (χ4n) is 3.23. The highest BCUT2D eigenvalue weighted by Gasteiger charge is 2.31. The van der Waals surface area contributed by atoms with Crippen molar-refractivity contribution in [2.45, 2.75) is 38.1 Å². The Balaban J connectivity index is 2.00. The molecule has 17 heavy (non-hydrogen) atoms. The third kappa shape index (κ3) is 3.42. The summed E-state index contributed by atoms with van der Waals surface area (Å²) in [5, 5.41) is 0. The van der Waals surface area contributed by atoms with Crippen LogP contribution < -0.4 is 5.73 Å². The molecule has 2 fully saturated rings. The summed E-state index contributed by atoms with van der Waals surface area (Å²) in [4.78, 5) is 2.39. The molecule has 2 N–H and O–H groups in total. The van der Waals surface area contributed by atoms with Crippen LogP contribution in [0.15, 0.2) is 0 Å². The molecule has 100 valence electrons. The van der Waals surface area contributed by atoms with E-state index in [4.69, 9.17) is 5.73 Å². The minimum Gasteiger partial charge on any atom is -0.330 e.